The smallest absolute Gasteiger partial charge is 0.273 e. The Morgan fingerprint density at radius 3 is 2.39 bits per heavy atom. The van der Waals surface area contributed by atoms with Crippen LogP contribution in [0, 0.1) is 11.7 Å². The van der Waals surface area contributed by atoms with E-state index in [-0.39, 0.29) is 51.8 Å². The molecule has 0 saturated heterocycles. The highest BCUT2D eigenvalue weighted by molar-refractivity contribution is 6.00. The second-order valence-corrected chi connectivity index (χ2v) is 8.85. The first-order chi connectivity index (χ1) is 17.1. The number of methoxy groups -OCH3 is 1. The SMILES string of the molecule is CNC(=O)c1nnc(NC(=O)C2CC2)cc1Nc1cc(F)cc(-c2ncc(C(C)(C)O)cn2)c1OC. The lowest BCUT2D eigenvalue weighted by atomic mass is 10.0. The molecular weight excluding hydrogens is 469 g/mol. The van der Waals surface area contributed by atoms with E-state index < -0.39 is 17.3 Å². The fourth-order valence-corrected chi connectivity index (χ4v) is 3.41. The zero-order valence-electron chi connectivity index (χ0n) is 20.2. The summed E-state index contributed by atoms with van der Waals surface area (Å²) in [4.78, 5) is 33.1. The monoisotopic (exact) mass is 495 g/mol. The van der Waals surface area contributed by atoms with Gasteiger partial charge in [0.1, 0.15) is 5.82 Å². The van der Waals surface area contributed by atoms with Crippen molar-refractivity contribution < 1.29 is 23.8 Å². The molecule has 2 aromatic heterocycles. The number of ether oxygens (including phenoxy) is 1. The molecule has 1 aliphatic carbocycles. The third-order valence-electron chi connectivity index (χ3n) is 5.56. The van der Waals surface area contributed by atoms with E-state index in [2.05, 4.69) is 36.1 Å². The Bertz CT molecular complexity index is 1310. The lowest BCUT2D eigenvalue weighted by molar-refractivity contribution is -0.117. The van der Waals surface area contributed by atoms with Crippen molar-refractivity contribution in [2.75, 3.05) is 24.8 Å². The second kappa shape index (κ2) is 9.82. The van der Waals surface area contributed by atoms with Gasteiger partial charge in [-0.15, -0.1) is 10.2 Å². The number of nitrogens with one attached hydrogen (secondary N) is 3. The van der Waals surface area contributed by atoms with Gasteiger partial charge in [-0.1, -0.05) is 0 Å². The molecule has 36 heavy (non-hydrogen) atoms. The van der Waals surface area contributed by atoms with E-state index in [9.17, 15) is 19.1 Å². The Hall–Kier alpha value is -4.19. The standard InChI is InChI=1S/C24H26FN7O4/c1-24(2,35)13-10-27-21(28-11-13)15-7-14(25)8-17(20(15)36-4)29-16-9-18(30-22(33)12-5-6-12)31-32-19(16)23(34)26-3/h7-12,35H,5-6H2,1-4H3,(H,26,34)(H2,29,30,31,33). The normalized spacial score (nSPS) is 13.2. The van der Waals surface area contributed by atoms with Crippen molar-refractivity contribution in [3.63, 3.8) is 0 Å². The van der Waals surface area contributed by atoms with Crippen molar-refractivity contribution in [1.29, 1.82) is 0 Å². The Balaban J connectivity index is 1.74. The minimum Gasteiger partial charge on any atom is -0.494 e. The van der Waals surface area contributed by atoms with Gasteiger partial charge in [0.15, 0.2) is 23.1 Å². The Labute approximate surface area is 206 Å². The Morgan fingerprint density at radius 2 is 1.81 bits per heavy atom. The van der Waals surface area contributed by atoms with Crippen LogP contribution in [-0.2, 0) is 10.4 Å². The predicted octanol–water partition coefficient (Wildman–Crippen LogP) is 2.76. The van der Waals surface area contributed by atoms with Crippen molar-refractivity contribution in [3.05, 3.63) is 47.7 Å². The van der Waals surface area contributed by atoms with E-state index in [1.807, 2.05) is 0 Å². The Kier molecular flexibility index (Phi) is 6.80. The number of carbonyl (C=O) groups excluding carboxylic acids is 2. The first-order valence-corrected chi connectivity index (χ1v) is 11.2. The quantitative estimate of drug-likeness (QED) is 0.370. The van der Waals surface area contributed by atoms with Gasteiger partial charge in [-0.05, 0) is 32.8 Å². The molecule has 1 fully saturated rings. The van der Waals surface area contributed by atoms with E-state index in [4.69, 9.17) is 4.74 Å². The molecule has 0 unspecified atom stereocenters. The molecule has 0 bridgehead atoms. The third-order valence-corrected chi connectivity index (χ3v) is 5.56. The summed E-state index contributed by atoms with van der Waals surface area (Å²) in [6.07, 6.45) is 4.52. The Morgan fingerprint density at radius 1 is 1.11 bits per heavy atom. The van der Waals surface area contributed by atoms with Gasteiger partial charge in [-0.25, -0.2) is 14.4 Å². The van der Waals surface area contributed by atoms with Gasteiger partial charge in [-0.2, -0.15) is 0 Å². The van der Waals surface area contributed by atoms with Crippen LogP contribution in [0.4, 0.5) is 21.6 Å². The molecule has 0 radical (unpaired) electrons. The largest absolute Gasteiger partial charge is 0.494 e. The molecule has 0 aliphatic heterocycles. The van der Waals surface area contributed by atoms with Gasteiger partial charge >= 0.3 is 0 Å². The lowest BCUT2D eigenvalue weighted by Crippen LogP contribution is -2.22. The molecule has 1 aliphatic rings. The molecule has 3 aromatic rings. The number of benzene rings is 1. The molecular formula is C24H26FN7O4. The maximum Gasteiger partial charge on any atom is 0.273 e. The van der Waals surface area contributed by atoms with Crippen LogP contribution in [0.25, 0.3) is 11.4 Å². The minimum absolute atomic E-state index is 0.0597. The first kappa shape index (κ1) is 24.9. The van der Waals surface area contributed by atoms with Gasteiger partial charge in [0.05, 0.1) is 29.6 Å². The first-order valence-electron chi connectivity index (χ1n) is 11.2. The highest BCUT2D eigenvalue weighted by Crippen LogP contribution is 2.38. The van der Waals surface area contributed by atoms with Crippen LogP contribution in [-0.4, -0.2) is 51.2 Å². The highest BCUT2D eigenvalue weighted by Gasteiger charge is 2.30. The van der Waals surface area contributed by atoms with Crippen LogP contribution in [0.5, 0.6) is 5.75 Å². The summed E-state index contributed by atoms with van der Waals surface area (Å²) in [6, 6.07) is 3.84. The molecule has 0 spiro atoms. The summed E-state index contributed by atoms with van der Waals surface area (Å²) in [5.41, 5.74) is -0.148. The summed E-state index contributed by atoms with van der Waals surface area (Å²) in [5, 5.41) is 26.2. The molecule has 1 aromatic carbocycles. The minimum atomic E-state index is -1.14. The maximum atomic E-state index is 14.7. The van der Waals surface area contributed by atoms with Crippen LogP contribution in [0.15, 0.2) is 30.6 Å². The number of aromatic nitrogens is 4. The molecule has 1 saturated carbocycles. The summed E-state index contributed by atoms with van der Waals surface area (Å²) < 4.78 is 20.3. The van der Waals surface area contributed by atoms with Crippen LogP contribution in [0.2, 0.25) is 0 Å². The number of hydrogen-bond acceptors (Lipinski definition) is 9. The van der Waals surface area contributed by atoms with Gasteiger partial charge in [0.2, 0.25) is 5.91 Å². The fraction of sp³-hybridized carbons (Fsp3) is 0.333. The van der Waals surface area contributed by atoms with Crippen molar-refractivity contribution in [3.8, 4) is 17.1 Å². The van der Waals surface area contributed by atoms with Crippen LogP contribution in [0.1, 0.15) is 42.7 Å². The summed E-state index contributed by atoms with van der Waals surface area (Å²) in [5.74, 6) is -0.880. The average molecular weight is 496 g/mol. The molecule has 0 atom stereocenters. The number of anilines is 3. The van der Waals surface area contributed by atoms with Gasteiger partial charge in [0, 0.05) is 43.1 Å². The van der Waals surface area contributed by atoms with E-state index in [1.54, 1.807) is 13.8 Å². The van der Waals surface area contributed by atoms with E-state index >= 15 is 0 Å². The van der Waals surface area contributed by atoms with Crippen molar-refractivity contribution in [2.24, 2.45) is 5.92 Å². The molecule has 4 N–H and O–H groups in total. The lowest BCUT2D eigenvalue weighted by Gasteiger charge is -2.18. The molecule has 188 valence electrons. The number of halogens is 1. The maximum absolute atomic E-state index is 14.7. The van der Waals surface area contributed by atoms with Crippen molar-refractivity contribution in [2.45, 2.75) is 32.3 Å². The molecule has 12 heteroatoms. The van der Waals surface area contributed by atoms with Gasteiger partial charge in [0.25, 0.3) is 5.91 Å². The van der Waals surface area contributed by atoms with E-state index in [0.717, 1.165) is 12.8 Å². The van der Waals surface area contributed by atoms with Crippen LogP contribution >= 0.6 is 0 Å². The predicted molar refractivity (Wildman–Crippen MR) is 129 cm³/mol. The number of amides is 2. The number of hydrogen-bond donors (Lipinski definition) is 4. The molecule has 4 rings (SSSR count). The van der Waals surface area contributed by atoms with Crippen LogP contribution in [0.3, 0.4) is 0 Å². The van der Waals surface area contributed by atoms with Crippen molar-refractivity contribution >= 4 is 29.0 Å². The van der Waals surface area contributed by atoms with E-state index in [0.29, 0.717) is 5.56 Å². The number of aliphatic hydroxyl groups is 1. The molecule has 2 amide bonds. The molecule has 11 nitrogen and oxygen atoms in total. The summed E-state index contributed by atoms with van der Waals surface area (Å²) in [6.45, 7) is 3.20. The second-order valence-electron chi connectivity index (χ2n) is 8.85. The summed E-state index contributed by atoms with van der Waals surface area (Å²) in [7, 11) is 2.84. The number of rotatable bonds is 8. The van der Waals surface area contributed by atoms with E-state index in [1.165, 1.54) is 44.8 Å². The zero-order valence-corrected chi connectivity index (χ0v) is 20.2. The zero-order chi connectivity index (χ0) is 26.0. The highest BCUT2D eigenvalue weighted by atomic mass is 19.1. The topological polar surface area (TPSA) is 151 Å². The fourth-order valence-electron chi connectivity index (χ4n) is 3.41. The number of carbonyl (C=O) groups is 2. The molecule has 2 heterocycles. The number of nitrogens with zero attached hydrogens (tertiary/aromatic N) is 4. The third kappa shape index (κ3) is 5.38. The average Bonchev–Trinajstić information content (AvgIpc) is 3.69. The van der Waals surface area contributed by atoms with Crippen molar-refractivity contribution in [1.82, 2.24) is 25.5 Å². The van der Waals surface area contributed by atoms with Crippen LogP contribution < -0.4 is 20.7 Å². The van der Waals surface area contributed by atoms with Gasteiger partial charge in [-0.3, -0.25) is 9.59 Å². The summed E-state index contributed by atoms with van der Waals surface area (Å²) >= 11 is 0. The van der Waals surface area contributed by atoms with Gasteiger partial charge < -0.3 is 25.8 Å².